The van der Waals surface area contributed by atoms with Gasteiger partial charge in [0.1, 0.15) is 5.75 Å². The maximum absolute atomic E-state index is 12.3. The summed E-state index contributed by atoms with van der Waals surface area (Å²) in [6.45, 7) is 4.70. The van der Waals surface area contributed by atoms with Crippen LogP contribution in [-0.2, 0) is 14.3 Å². The number of anilines is 1. The summed E-state index contributed by atoms with van der Waals surface area (Å²) in [6, 6.07) is 12.5. The van der Waals surface area contributed by atoms with Gasteiger partial charge in [-0.05, 0) is 62.7 Å². The minimum absolute atomic E-state index is 0.429. The second-order valence-corrected chi connectivity index (χ2v) is 8.15. The fraction of sp³-hybridized carbons (Fsp3) is 0.250. The number of aryl methyl sites for hydroxylation is 1. The number of hydrogen-bond acceptors (Lipinski definition) is 6. The lowest BCUT2D eigenvalue weighted by atomic mass is 10.1. The molecule has 0 saturated heterocycles. The van der Waals surface area contributed by atoms with E-state index in [2.05, 4.69) is 10.3 Å². The molecule has 8 heteroatoms. The number of esters is 1. The van der Waals surface area contributed by atoms with Crippen LogP contribution in [0.25, 0.3) is 10.2 Å². The second kappa shape index (κ2) is 8.16. The fourth-order valence-electron chi connectivity index (χ4n) is 2.38. The van der Waals surface area contributed by atoms with E-state index in [0.717, 1.165) is 15.8 Å². The van der Waals surface area contributed by atoms with E-state index in [-0.39, 0.29) is 0 Å². The quantitative estimate of drug-likeness (QED) is 0.592. The highest BCUT2D eigenvalue weighted by Crippen LogP contribution is 2.26. The lowest BCUT2D eigenvalue weighted by Crippen LogP contribution is -2.41. The number of hydrogen-bond donors (Lipinski definition) is 1. The van der Waals surface area contributed by atoms with Crippen molar-refractivity contribution < 1.29 is 19.1 Å². The molecule has 0 saturated carbocycles. The molecule has 0 spiro atoms. The number of aromatic nitrogens is 1. The van der Waals surface area contributed by atoms with Crippen molar-refractivity contribution in [1.82, 2.24) is 4.98 Å². The first-order valence-corrected chi connectivity index (χ1v) is 9.71. The Morgan fingerprint density at radius 2 is 1.89 bits per heavy atom. The third-order valence-electron chi connectivity index (χ3n) is 3.80. The molecule has 0 unspecified atom stereocenters. The number of nitrogens with one attached hydrogen (secondary N) is 1. The average Bonchev–Trinajstić information content (AvgIpc) is 3.02. The van der Waals surface area contributed by atoms with Crippen LogP contribution in [0.2, 0.25) is 5.02 Å². The van der Waals surface area contributed by atoms with Gasteiger partial charge in [-0.1, -0.05) is 29.0 Å². The zero-order valence-corrected chi connectivity index (χ0v) is 17.2. The smallest absolute Gasteiger partial charge is 0.350 e. The van der Waals surface area contributed by atoms with Gasteiger partial charge >= 0.3 is 5.97 Å². The average molecular weight is 419 g/mol. The number of carbonyl (C=O) groups excluding carboxylic acids is 2. The Kier molecular flexibility index (Phi) is 5.86. The van der Waals surface area contributed by atoms with Crippen molar-refractivity contribution in [2.75, 3.05) is 11.9 Å². The lowest BCUT2D eigenvalue weighted by molar-refractivity contribution is -0.161. The molecule has 146 valence electrons. The number of amides is 1. The number of thiazole rings is 1. The van der Waals surface area contributed by atoms with Gasteiger partial charge in [0.15, 0.2) is 17.3 Å². The van der Waals surface area contributed by atoms with E-state index in [1.165, 1.54) is 11.3 Å². The highest BCUT2D eigenvalue weighted by Gasteiger charge is 2.32. The molecule has 1 aromatic heterocycles. The molecule has 0 bridgehead atoms. The van der Waals surface area contributed by atoms with Crippen molar-refractivity contribution in [1.29, 1.82) is 0 Å². The van der Waals surface area contributed by atoms with Gasteiger partial charge in [-0.15, -0.1) is 0 Å². The van der Waals surface area contributed by atoms with E-state index >= 15 is 0 Å². The highest BCUT2D eigenvalue weighted by atomic mass is 35.5. The molecule has 0 aliphatic rings. The Balaban J connectivity index is 1.55. The maximum atomic E-state index is 12.3. The van der Waals surface area contributed by atoms with Gasteiger partial charge in [0.05, 0.1) is 10.2 Å². The molecule has 28 heavy (non-hydrogen) atoms. The van der Waals surface area contributed by atoms with E-state index in [1.807, 2.05) is 25.1 Å². The van der Waals surface area contributed by atoms with Crippen molar-refractivity contribution in [2.24, 2.45) is 0 Å². The molecule has 6 nitrogen and oxygen atoms in total. The Hall–Kier alpha value is -2.64. The first-order valence-electron chi connectivity index (χ1n) is 8.52. The van der Waals surface area contributed by atoms with Crippen molar-refractivity contribution in [3.63, 3.8) is 0 Å². The molecule has 1 amide bonds. The van der Waals surface area contributed by atoms with E-state index in [0.29, 0.717) is 15.9 Å². The van der Waals surface area contributed by atoms with Crippen LogP contribution in [-0.4, -0.2) is 29.1 Å². The SMILES string of the molecule is Cc1ccc2nc(NC(=O)COC(=O)C(C)(C)Oc3ccc(Cl)cc3)sc2c1. The van der Waals surface area contributed by atoms with E-state index in [9.17, 15) is 9.59 Å². The second-order valence-electron chi connectivity index (χ2n) is 6.68. The topological polar surface area (TPSA) is 77.5 Å². The number of ether oxygens (including phenoxy) is 2. The molecule has 0 atom stereocenters. The van der Waals surface area contributed by atoms with Crippen LogP contribution in [0, 0.1) is 6.92 Å². The zero-order chi connectivity index (χ0) is 20.3. The van der Waals surface area contributed by atoms with Crippen molar-refractivity contribution >= 4 is 50.2 Å². The maximum Gasteiger partial charge on any atom is 0.350 e. The Morgan fingerprint density at radius 1 is 1.18 bits per heavy atom. The number of benzene rings is 2. The molecule has 2 aromatic carbocycles. The first kappa shape index (κ1) is 20.1. The Labute approximate surface area is 171 Å². The van der Waals surface area contributed by atoms with Crippen LogP contribution in [0.15, 0.2) is 42.5 Å². The zero-order valence-electron chi connectivity index (χ0n) is 15.6. The third kappa shape index (κ3) is 4.99. The van der Waals surface area contributed by atoms with Gasteiger partial charge < -0.3 is 9.47 Å². The standard InChI is InChI=1S/C20H19ClN2O4S/c1-12-4-9-15-16(10-12)28-19(22-15)23-17(24)11-26-18(25)20(2,3)27-14-7-5-13(21)6-8-14/h4-10H,11H2,1-3H3,(H,22,23,24). The van der Waals surface area contributed by atoms with Crippen LogP contribution in [0.3, 0.4) is 0 Å². The summed E-state index contributed by atoms with van der Waals surface area (Å²) >= 11 is 7.20. The monoisotopic (exact) mass is 418 g/mol. The molecule has 0 aliphatic heterocycles. The predicted molar refractivity (Wildman–Crippen MR) is 110 cm³/mol. The summed E-state index contributed by atoms with van der Waals surface area (Å²) in [5.74, 6) is -0.649. The summed E-state index contributed by atoms with van der Waals surface area (Å²) in [4.78, 5) is 28.8. The van der Waals surface area contributed by atoms with Gasteiger partial charge in [-0.2, -0.15) is 0 Å². The Morgan fingerprint density at radius 3 is 2.61 bits per heavy atom. The predicted octanol–water partition coefficient (Wildman–Crippen LogP) is 4.60. The molecular weight excluding hydrogens is 400 g/mol. The Bertz CT molecular complexity index is 1010. The van der Waals surface area contributed by atoms with Crippen molar-refractivity contribution in [2.45, 2.75) is 26.4 Å². The summed E-state index contributed by atoms with van der Waals surface area (Å²) in [6.07, 6.45) is 0. The van der Waals surface area contributed by atoms with E-state index < -0.39 is 24.1 Å². The molecule has 0 radical (unpaired) electrons. The first-order chi connectivity index (χ1) is 13.2. The molecule has 3 rings (SSSR count). The molecule has 1 N–H and O–H groups in total. The largest absolute Gasteiger partial charge is 0.476 e. The van der Waals surface area contributed by atoms with Crippen LogP contribution in [0.1, 0.15) is 19.4 Å². The number of fused-ring (bicyclic) bond motifs is 1. The highest BCUT2D eigenvalue weighted by molar-refractivity contribution is 7.22. The molecule has 1 heterocycles. The van der Waals surface area contributed by atoms with Gasteiger partial charge in [0.2, 0.25) is 0 Å². The summed E-state index contributed by atoms with van der Waals surface area (Å²) in [5.41, 5.74) is 0.660. The van der Waals surface area contributed by atoms with Gasteiger partial charge in [0, 0.05) is 5.02 Å². The van der Waals surface area contributed by atoms with Gasteiger partial charge in [-0.25, -0.2) is 9.78 Å². The van der Waals surface area contributed by atoms with Crippen LogP contribution in [0.4, 0.5) is 5.13 Å². The molecule has 0 aliphatic carbocycles. The van der Waals surface area contributed by atoms with Crippen molar-refractivity contribution in [3.8, 4) is 5.75 Å². The minimum atomic E-state index is -1.26. The van der Waals surface area contributed by atoms with Crippen molar-refractivity contribution in [3.05, 3.63) is 53.1 Å². The molecule has 0 fully saturated rings. The van der Waals surface area contributed by atoms with Crippen LogP contribution >= 0.6 is 22.9 Å². The van der Waals surface area contributed by atoms with Crippen LogP contribution in [0.5, 0.6) is 5.75 Å². The summed E-state index contributed by atoms with van der Waals surface area (Å²) < 4.78 is 11.7. The van der Waals surface area contributed by atoms with Crippen LogP contribution < -0.4 is 10.1 Å². The third-order valence-corrected chi connectivity index (χ3v) is 4.99. The lowest BCUT2D eigenvalue weighted by Gasteiger charge is -2.24. The van der Waals surface area contributed by atoms with Gasteiger partial charge in [0.25, 0.3) is 5.91 Å². The fourth-order valence-corrected chi connectivity index (χ4v) is 3.49. The number of carbonyl (C=O) groups is 2. The normalized spacial score (nSPS) is 11.3. The molecular formula is C20H19ClN2O4S. The minimum Gasteiger partial charge on any atom is -0.476 e. The number of nitrogens with zero attached hydrogens (tertiary/aromatic N) is 1. The number of rotatable bonds is 6. The summed E-state index contributed by atoms with van der Waals surface area (Å²) in [7, 11) is 0. The van der Waals surface area contributed by atoms with Gasteiger partial charge in [-0.3, -0.25) is 10.1 Å². The van der Waals surface area contributed by atoms with E-state index in [1.54, 1.807) is 38.1 Å². The van der Waals surface area contributed by atoms with E-state index in [4.69, 9.17) is 21.1 Å². The summed E-state index contributed by atoms with van der Waals surface area (Å²) in [5, 5.41) is 3.67. The number of halogens is 1. The molecule has 3 aromatic rings.